The average Bonchev–Trinajstić information content (AvgIpc) is 2.80. The van der Waals surface area contributed by atoms with Crippen LogP contribution in [0.4, 0.5) is 11.6 Å². The molecule has 0 amide bonds. The van der Waals surface area contributed by atoms with Gasteiger partial charge in [0.15, 0.2) is 5.76 Å². The zero-order valence-corrected chi connectivity index (χ0v) is 8.97. The molecular formula is C10H13N5O. The van der Waals surface area contributed by atoms with Crippen LogP contribution in [0.1, 0.15) is 12.7 Å². The first kappa shape index (κ1) is 10.4. The molecule has 84 valence electrons. The molecule has 0 spiro atoms. The highest BCUT2D eigenvalue weighted by Crippen LogP contribution is 2.09. The van der Waals surface area contributed by atoms with Gasteiger partial charge in [0.2, 0.25) is 0 Å². The van der Waals surface area contributed by atoms with Gasteiger partial charge in [-0.05, 0) is 6.92 Å². The van der Waals surface area contributed by atoms with Crippen LogP contribution < -0.4 is 10.6 Å². The van der Waals surface area contributed by atoms with Gasteiger partial charge in [-0.1, -0.05) is 5.16 Å². The van der Waals surface area contributed by atoms with E-state index in [1.807, 2.05) is 13.0 Å². The minimum absolute atomic E-state index is 0.558. The summed E-state index contributed by atoms with van der Waals surface area (Å²) in [4.78, 5) is 8.17. The number of nitrogens with one attached hydrogen (secondary N) is 2. The molecule has 0 aliphatic carbocycles. The van der Waals surface area contributed by atoms with E-state index in [0.29, 0.717) is 6.54 Å². The van der Waals surface area contributed by atoms with E-state index in [1.165, 1.54) is 6.33 Å². The van der Waals surface area contributed by atoms with Gasteiger partial charge >= 0.3 is 0 Å². The standard InChI is InChI=1S/C10H13N5O/c1-2-11-9-5-10(14-7-13-9)12-6-8-3-4-15-16-8/h3-5,7H,2,6H2,1H3,(H2,11,12,13,14). The SMILES string of the molecule is CCNc1cc(NCc2ccno2)ncn1. The van der Waals surface area contributed by atoms with Crippen LogP contribution in [0.5, 0.6) is 0 Å². The summed E-state index contributed by atoms with van der Waals surface area (Å²) in [6.45, 7) is 3.41. The highest BCUT2D eigenvalue weighted by atomic mass is 16.5. The largest absolute Gasteiger partial charge is 0.370 e. The lowest BCUT2D eigenvalue weighted by molar-refractivity contribution is 0.388. The van der Waals surface area contributed by atoms with Gasteiger partial charge in [-0.2, -0.15) is 0 Å². The Morgan fingerprint density at radius 2 is 2.06 bits per heavy atom. The number of rotatable bonds is 5. The van der Waals surface area contributed by atoms with E-state index in [1.54, 1.807) is 12.3 Å². The first-order chi connectivity index (χ1) is 7.88. The van der Waals surface area contributed by atoms with Gasteiger partial charge in [-0.25, -0.2) is 9.97 Å². The zero-order chi connectivity index (χ0) is 11.2. The Labute approximate surface area is 93.1 Å². The summed E-state index contributed by atoms with van der Waals surface area (Å²) in [5.74, 6) is 2.32. The maximum atomic E-state index is 4.96. The number of aromatic nitrogens is 3. The van der Waals surface area contributed by atoms with E-state index >= 15 is 0 Å². The molecule has 0 saturated carbocycles. The molecule has 0 saturated heterocycles. The second-order valence-electron chi connectivity index (χ2n) is 3.15. The van der Waals surface area contributed by atoms with E-state index in [9.17, 15) is 0 Å². The molecule has 0 aromatic carbocycles. The van der Waals surface area contributed by atoms with E-state index in [0.717, 1.165) is 23.9 Å². The van der Waals surface area contributed by atoms with Crippen molar-refractivity contribution in [2.75, 3.05) is 17.2 Å². The smallest absolute Gasteiger partial charge is 0.155 e. The Kier molecular flexibility index (Phi) is 3.32. The van der Waals surface area contributed by atoms with Gasteiger partial charge in [0.05, 0.1) is 12.7 Å². The van der Waals surface area contributed by atoms with Crippen molar-refractivity contribution in [1.82, 2.24) is 15.1 Å². The summed E-state index contributed by atoms with van der Waals surface area (Å²) in [5.41, 5.74) is 0. The van der Waals surface area contributed by atoms with Gasteiger partial charge in [0, 0.05) is 18.7 Å². The molecule has 0 aliphatic rings. The predicted octanol–water partition coefficient (Wildman–Crippen LogP) is 1.51. The van der Waals surface area contributed by atoms with Crippen LogP contribution in [0.3, 0.4) is 0 Å². The Hall–Kier alpha value is -2.11. The predicted molar refractivity (Wildman–Crippen MR) is 60.0 cm³/mol. The summed E-state index contributed by atoms with van der Waals surface area (Å²) in [5, 5.41) is 9.86. The molecule has 16 heavy (non-hydrogen) atoms. The van der Waals surface area contributed by atoms with Gasteiger partial charge < -0.3 is 15.2 Å². The third kappa shape index (κ3) is 2.69. The summed E-state index contributed by atoms with van der Waals surface area (Å²) in [6.07, 6.45) is 3.13. The fourth-order valence-electron chi connectivity index (χ4n) is 1.24. The van der Waals surface area contributed by atoms with Crippen molar-refractivity contribution in [3.8, 4) is 0 Å². The molecule has 0 bridgehead atoms. The summed E-state index contributed by atoms with van der Waals surface area (Å²) in [7, 11) is 0. The van der Waals surface area contributed by atoms with Crippen LogP contribution >= 0.6 is 0 Å². The summed E-state index contributed by atoms with van der Waals surface area (Å²) in [6, 6.07) is 3.65. The lowest BCUT2D eigenvalue weighted by atomic mass is 10.4. The highest BCUT2D eigenvalue weighted by Gasteiger charge is 1.99. The topological polar surface area (TPSA) is 75.9 Å². The molecule has 0 unspecified atom stereocenters. The third-order valence-electron chi connectivity index (χ3n) is 1.96. The second kappa shape index (κ2) is 5.11. The van der Waals surface area contributed by atoms with Crippen molar-refractivity contribution >= 4 is 11.6 Å². The van der Waals surface area contributed by atoms with Gasteiger partial charge in [0.25, 0.3) is 0 Å². The van der Waals surface area contributed by atoms with E-state index < -0.39 is 0 Å². The number of hydrogen-bond donors (Lipinski definition) is 2. The lowest BCUT2D eigenvalue weighted by Gasteiger charge is -2.05. The van der Waals surface area contributed by atoms with Crippen LogP contribution in [-0.2, 0) is 6.54 Å². The maximum Gasteiger partial charge on any atom is 0.155 e. The molecule has 0 fully saturated rings. The molecule has 2 aromatic rings. The van der Waals surface area contributed by atoms with E-state index in [4.69, 9.17) is 4.52 Å². The average molecular weight is 219 g/mol. The second-order valence-corrected chi connectivity index (χ2v) is 3.15. The van der Waals surface area contributed by atoms with Gasteiger partial charge in [0.1, 0.15) is 18.0 Å². The lowest BCUT2D eigenvalue weighted by Crippen LogP contribution is -2.04. The maximum absolute atomic E-state index is 4.96. The van der Waals surface area contributed by atoms with Crippen LogP contribution in [0.2, 0.25) is 0 Å². The fraction of sp³-hybridized carbons (Fsp3) is 0.300. The van der Waals surface area contributed by atoms with Crippen molar-refractivity contribution < 1.29 is 4.52 Å². The van der Waals surface area contributed by atoms with Crippen LogP contribution in [-0.4, -0.2) is 21.7 Å². The summed E-state index contributed by atoms with van der Waals surface area (Å²) >= 11 is 0. The Morgan fingerprint density at radius 1 is 1.25 bits per heavy atom. The molecule has 6 nitrogen and oxygen atoms in total. The Morgan fingerprint density at radius 3 is 2.75 bits per heavy atom. The Balaban J connectivity index is 1.96. The molecule has 2 heterocycles. The van der Waals surface area contributed by atoms with Crippen molar-refractivity contribution in [3.05, 3.63) is 30.4 Å². The molecule has 0 atom stereocenters. The minimum atomic E-state index is 0.558. The third-order valence-corrected chi connectivity index (χ3v) is 1.96. The quantitative estimate of drug-likeness (QED) is 0.793. The molecule has 0 radical (unpaired) electrons. The summed E-state index contributed by atoms with van der Waals surface area (Å²) < 4.78 is 4.96. The first-order valence-electron chi connectivity index (χ1n) is 5.08. The van der Waals surface area contributed by atoms with E-state index in [-0.39, 0.29) is 0 Å². The van der Waals surface area contributed by atoms with E-state index in [2.05, 4.69) is 25.8 Å². The molecule has 6 heteroatoms. The normalized spacial score (nSPS) is 10.1. The van der Waals surface area contributed by atoms with Crippen LogP contribution in [0.15, 0.2) is 29.2 Å². The van der Waals surface area contributed by atoms with Crippen molar-refractivity contribution in [1.29, 1.82) is 0 Å². The minimum Gasteiger partial charge on any atom is -0.370 e. The van der Waals surface area contributed by atoms with Crippen molar-refractivity contribution in [2.45, 2.75) is 13.5 Å². The van der Waals surface area contributed by atoms with Crippen LogP contribution in [0, 0.1) is 0 Å². The molecule has 2 aromatic heterocycles. The number of nitrogens with zero attached hydrogens (tertiary/aromatic N) is 3. The van der Waals surface area contributed by atoms with Crippen LogP contribution in [0.25, 0.3) is 0 Å². The molecular weight excluding hydrogens is 206 g/mol. The molecule has 2 N–H and O–H groups in total. The monoisotopic (exact) mass is 219 g/mol. The zero-order valence-electron chi connectivity index (χ0n) is 8.97. The number of anilines is 2. The van der Waals surface area contributed by atoms with Gasteiger partial charge in [-0.3, -0.25) is 0 Å². The van der Waals surface area contributed by atoms with Crippen molar-refractivity contribution in [3.63, 3.8) is 0 Å². The van der Waals surface area contributed by atoms with Gasteiger partial charge in [-0.15, -0.1) is 0 Å². The Bertz CT molecular complexity index is 429. The molecule has 2 rings (SSSR count). The fourth-order valence-corrected chi connectivity index (χ4v) is 1.24. The number of hydrogen-bond acceptors (Lipinski definition) is 6. The molecule has 0 aliphatic heterocycles. The van der Waals surface area contributed by atoms with Crippen molar-refractivity contribution in [2.24, 2.45) is 0 Å². The highest BCUT2D eigenvalue weighted by molar-refractivity contribution is 5.46. The first-order valence-corrected chi connectivity index (χ1v) is 5.08.